The summed E-state index contributed by atoms with van der Waals surface area (Å²) in [4.78, 5) is 0. The predicted molar refractivity (Wildman–Crippen MR) is 60.9 cm³/mol. The number of halogens is 3. The Bertz CT molecular complexity index is 437. The normalized spacial score (nSPS) is 15.6. The summed E-state index contributed by atoms with van der Waals surface area (Å²) in [5.74, 6) is 1.10. The molecule has 1 aromatic rings. The highest BCUT2D eigenvalue weighted by Crippen LogP contribution is 2.33. The van der Waals surface area contributed by atoms with E-state index < -0.39 is 12.3 Å². The summed E-state index contributed by atoms with van der Waals surface area (Å²) in [5, 5.41) is 0. The van der Waals surface area contributed by atoms with Crippen molar-refractivity contribution in [1.82, 2.24) is 0 Å². The van der Waals surface area contributed by atoms with Gasteiger partial charge >= 0.3 is 6.18 Å². The van der Waals surface area contributed by atoms with Gasteiger partial charge in [0.05, 0.1) is 6.61 Å². The van der Waals surface area contributed by atoms with E-state index in [0.717, 1.165) is 0 Å². The molecule has 0 radical (unpaired) electrons. The average molecular weight is 277 g/mol. The Kier molecular flexibility index (Phi) is 4.16. The molecule has 0 aromatic heterocycles. The van der Waals surface area contributed by atoms with Gasteiger partial charge in [-0.05, 0) is 30.7 Å². The molecule has 0 amide bonds. The first-order valence-corrected chi connectivity index (χ1v) is 5.77. The molecule has 1 aliphatic rings. The van der Waals surface area contributed by atoms with Crippen molar-refractivity contribution in [2.24, 2.45) is 5.73 Å². The largest absolute Gasteiger partial charge is 0.454 e. The lowest BCUT2D eigenvalue weighted by molar-refractivity contribution is -0.224. The van der Waals surface area contributed by atoms with Gasteiger partial charge in [0.1, 0.15) is 0 Å². The van der Waals surface area contributed by atoms with Crippen molar-refractivity contribution in [2.75, 3.05) is 13.3 Å². The molecule has 4 nitrogen and oxygen atoms in total. The minimum atomic E-state index is -4.41. The van der Waals surface area contributed by atoms with E-state index in [1.807, 2.05) is 0 Å². The summed E-state index contributed by atoms with van der Waals surface area (Å²) in [6, 6.07) is 4.90. The van der Waals surface area contributed by atoms with Gasteiger partial charge in [0, 0.05) is 0 Å². The summed E-state index contributed by atoms with van der Waals surface area (Å²) in [5.41, 5.74) is 5.75. The second-order valence-electron chi connectivity index (χ2n) is 4.11. The standard InChI is InChI=1S/C12H14F3NO3/c13-12(14,15)11(3-4-16)17-6-8-1-2-9-10(5-8)19-7-18-9/h1-2,5,11H,3-4,6-7,16H2. The van der Waals surface area contributed by atoms with Gasteiger partial charge in [-0.3, -0.25) is 0 Å². The number of benzene rings is 1. The molecule has 0 spiro atoms. The summed E-state index contributed by atoms with van der Waals surface area (Å²) in [6.07, 6.45) is -6.51. The van der Waals surface area contributed by atoms with Crippen LogP contribution in [0, 0.1) is 0 Å². The molecule has 1 aliphatic heterocycles. The van der Waals surface area contributed by atoms with Crippen LogP contribution in [-0.2, 0) is 11.3 Å². The summed E-state index contributed by atoms with van der Waals surface area (Å²) < 4.78 is 53.0. The Morgan fingerprint density at radius 2 is 2.00 bits per heavy atom. The van der Waals surface area contributed by atoms with Crippen LogP contribution in [0.25, 0.3) is 0 Å². The average Bonchev–Trinajstić information content (AvgIpc) is 2.80. The Morgan fingerprint density at radius 1 is 1.26 bits per heavy atom. The van der Waals surface area contributed by atoms with Crippen LogP contribution in [0.2, 0.25) is 0 Å². The fraction of sp³-hybridized carbons (Fsp3) is 0.500. The molecule has 1 aromatic carbocycles. The minimum Gasteiger partial charge on any atom is -0.454 e. The smallest absolute Gasteiger partial charge is 0.414 e. The van der Waals surface area contributed by atoms with Crippen LogP contribution in [0.3, 0.4) is 0 Å². The molecule has 2 rings (SSSR count). The van der Waals surface area contributed by atoms with Crippen LogP contribution >= 0.6 is 0 Å². The van der Waals surface area contributed by atoms with E-state index >= 15 is 0 Å². The Balaban J connectivity index is 1.97. The maximum absolute atomic E-state index is 12.6. The molecule has 1 unspecified atom stereocenters. The Labute approximate surface area is 108 Å². The van der Waals surface area contributed by atoms with Gasteiger partial charge in [0.15, 0.2) is 17.6 Å². The maximum Gasteiger partial charge on any atom is 0.414 e. The predicted octanol–water partition coefficient (Wildman–Crippen LogP) is 2.21. The molecular weight excluding hydrogens is 263 g/mol. The molecule has 0 saturated heterocycles. The van der Waals surface area contributed by atoms with Crippen molar-refractivity contribution in [2.45, 2.75) is 25.3 Å². The van der Waals surface area contributed by atoms with E-state index in [2.05, 4.69) is 0 Å². The van der Waals surface area contributed by atoms with Gasteiger partial charge in [-0.15, -0.1) is 0 Å². The first-order chi connectivity index (χ1) is 9.00. The molecule has 1 heterocycles. The number of hydrogen-bond acceptors (Lipinski definition) is 4. The van der Waals surface area contributed by atoms with E-state index in [1.54, 1.807) is 18.2 Å². The molecule has 7 heteroatoms. The summed E-state index contributed by atoms with van der Waals surface area (Å²) >= 11 is 0. The highest BCUT2D eigenvalue weighted by Gasteiger charge is 2.39. The van der Waals surface area contributed by atoms with Crippen LogP contribution in [0.15, 0.2) is 18.2 Å². The molecule has 1 atom stereocenters. The number of nitrogens with two attached hydrogens (primary N) is 1. The third kappa shape index (κ3) is 3.51. The fourth-order valence-electron chi connectivity index (χ4n) is 1.72. The van der Waals surface area contributed by atoms with Gasteiger partial charge in [-0.1, -0.05) is 6.07 Å². The van der Waals surface area contributed by atoms with Crippen molar-refractivity contribution < 1.29 is 27.4 Å². The lowest BCUT2D eigenvalue weighted by Gasteiger charge is -2.20. The number of ether oxygens (including phenoxy) is 3. The summed E-state index contributed by atoms with van der Waals surface area (Å²) in [6.45, 7) is -0.107. The van der Waals surface area contributed by atoms with Crippen molar-refractivity contribution in [1.29, 1.82) is 0 Å². The molecule has 19 heavy (non-hydrogen) atoms. The van der Waals surface area contributed by atoms with Gasteiger partial charge in [0.2, 0.25) is 6.79 Å². The lowest BCUT2D eigenvalue weighted by Crippen LogP contribution is -2.33. The van der Waals surface area contributed by atoms with Gasteiger partial charge in [-0.25, -0.2) is 0 Å². The molecule has 106 valence electrons. The van der Waals surface area contributed by atoms with Gasteiger partial charge < -0.3 is 19.9 Å². The molecule has 0 fully saturated rings. The third-order valence-electron chi connectivity index (χ3n) is 2.68. The summed E-state index contributed by atoms with van der Waals surface area (Å²) in [7, 11) is 0. The maximum atomic E-state index is 12.6. The van der Waals surface area contributed by atoms with E-state index in [1.165, 1.54) is 0 Å². The van der Waals surface area contributed by atoms with Crippen molar-refractivity contribution >= 4 is 0 Å². The third-order valence-corrected chi connectivity index (χ3v) is 2.68. The molecular formula is C12H14F3NO3. The van der Waals surface area contributed by atoms with Gasteiger partial charge in [-0.2, -0.15) is 13.2 Å². The van der Waals surface area contributed by atoms with Crippen LogP contribution in [-0.4, -0.2) is 25.6 Å². The number of fused-ring (bicyclic) bond motifs is 1. The minimum absolute atomic E-state index is 0.0781. The van der Waals surface area contributed by atoms with Crippen LogP contribution in [0.5, 0.6) is 11.5 Å². The molecule has 0 bridgehead atoms. The Morgan fingerprint density at radius 3 is 2.68 bits per heavy atom. The zero-order valence-electron chi connectivity index (χ0n) is 10.1. The van der Waals surface area contributed by atoms with Gasteiger partial charge in [0.25, 0.3) is 0 Å². The highest BCUT2D eigenvalue weighted by atomic mass is 19.4. The number of rotatable bonds is 5. The van der Waals surface area contributed by atoms with Crippen LogP contribution < -0.4 is 15.2 Å². The monoisotopic (exact) mass is 277 g/mol. The van der Waals surface area contributed by atoms with Crippen LogP contribution in [0.4, 0.5) is 13.2 Å². The second-order valence-corrected chi connectivity index (χ2v) is 4.11. The highest BCUT2D eigenvalue weighted by molar-refractivity contribution is 5.44. The Hall–Kier alpha value is -1.47. The first kappa shape index (κ1) is 14.0. The van der Waals surface area contributed by atoms with E-state index in [-0.39, 0.29) is 26.4 Å². The first-order valence-electron chi connectivity index (χ1n) is 5.77. The second kappa shape index (κ2) is 5.66. The van der Waals surface area contributed by atoms with E-state index in [9.17, 15) is 13.2 Å². The van der Waals surface area contributed by atoms with E-state index in [4.69, 9.17) is 19.9 Å². The number of alkyl halides is 3. The molecule has 0 saturated carbocycles. The van der Waals surface area contributed by atoms with Crippen molar-refractivity contribution in [3.63, 3.8) is 0 Å². The van der Waals surface area contributed by atoms with E-state index in [0.29, 0.717) is 17.1 Å². The van der Waals surface area contributed by atoms with Crippen molar-refractivity contribution in [3.05, 3.63) is 23.8 Å². The lowest BCUT2D eigenvalue weighted by atomic mass is 10.2. The quantitative estimate of drug-likeness (QED) is 0.896. The van der Waals surface area contributed by atoms with Crippen LogP contribution in [0.1, 0.15) is 12.0 Å². The van der Waals surface area contributed by atoms with Crippen molar-refractivity contribution in [3.8, 4) is 11.5 Å². The number of hydrogen-bond donors (Lipinski definition) is 1. The fourth-order valence-corrected chi connectivity index (χ4v) is 1.72. The zero-order chi connectivity index (χ0) is 13.9. The molecule has 2 N–H and O–H groups in total. The molecule has 0 aliphatic carbocycles. The SMILES string of the molecule is NCCC(OCc1ccc2c(c1)OCO2)C(F)(F)F. The topological polar surface area (TPSA) is 53.7 Å². The zero-order valence-corrected chi connectivity index (χ0v) is 10.1.